The summed E-state index contributed by atoms with van der Waals surface area (Å²) in [7, 11) is 0. The van der Waals surface area contributed by atoms with E-state index in [4.69, 9.17) is 9.47 Å². The van der Waals surface area contributed by atoms with E-state index < -0.39 is 6.04 Å². The molecule has 1 amide bonds. The van der Waals surface area contributed by atoms with Crippen LogP contribution in [0.15, 0.2) is 59.7 Å². The molecule has 2 aromatic heterocycles. The number of anilines is 1. The molecule has 0 saturated heterocycles. The molecule has 0 aliphatic carbocycles. The van der Waals surface area contributed by atoms with Crippen LogP contribution in [-0.2, 0) is 4.79 Å². The van der Waals surface area contributed by atoms with E-state index in [1.165, 1.54) is 22.2 Å². The zero-order chi connectivity index (χ0) is 24.2. The number of para-hydroxylation sites is 2. The minimum Gasteiger partial charge on any atom is -0.494 e. The Morgan fingerprint density at radius 1 is 1.09 bits per heavy atom. The number of thiophene rings is 1. The topological polar surface area (TPSA) is 82.5 Å². The predicted octanol–water partition coefficient (Wildman–Crippen LogP) is 5.43. The number of nitrogens with zero attached hydrogens (tertiary/aromatic N) is 2. The van der Waals surface area contributed by atoms with Crippen molar-refractivity contribution in [3.63, 3.8) is 0 Å². The van der Waals surface area contributed by atoms with Crippen LogP contribution in [0, 0.1) is 6.92 Å². The molecule has 1 unspecified atom stereocenters. The maximum Gasteiger partial charge on any atom is 0.263 e. The Morgan fingerprint density at radius 2 is 1.79 bits per heavy atom. The summed E-state index contributed by atoms with van der Waals surface area (Å²) >= 11 is 1.47. The predicted molar refractivity (Wildman–Crippen MR) is 136 cm³/mol. The van der Waals surface area contributed by atoms with Crippen molar-refractivity contribution in [2.45, 2.75) is 33.7 Å². The van der Waals surface area contributed by atoms with Gasteiger partial charge in [-0.2, -0.15) is 0 Å². The number of ether oxygens (including phenoxy) is 2. The van der Waals surface area contributed by atoms with E-state index >= 15 is 0 Å². The Bertz CT molecular complexity index is 1380. The number of rotatable bonds is 8. The van der Waals surface area contributed by atoms with Crippen molar-refractivity contribution in [1.29, 1.82) is 0 Å². The van der Waals surface area contributed by atoms with Crippen molar-refractivity contribution in [1.82, 2.24) is 9.55 Å². The number of benzene rings is 2. The van der Waals surface area contributed by atoms with Gasteiger partial charge in [-0.3, -0.25) is 14.2 Å². The van der Waals surface area contributed by atoms with Crippen LogP contribution in [0.4, 0.5) is 5.69 Å². The monoisotopic (exact) mass is 477 g/mol. The molecule has 1 atom stereocenters. The number of carbonyl (C=O) groups is 1. The third-order valence-corrected chi connectivity index (χ3v) is 6.52. The smallest absolute Gasteiger partial charge is 0.263 e. The first kappa shape index (κ1) is 23.5. The first-order valence-corrected chi connectivity index (χ1v) is 12.0. The summed E-state index contributed by atoms with van der Waals surface area (Å²) in [6.45, 7) is 8.54. The molecular formula is C26H27N3O4S. The van der Waals surface area contributed by atoms with Crippen molar-refractivity contribution in [2.24, 2.45) is 0 Å². The highest BCUT2D eigenvalue weighted by Crippen LogP contribution is 2.36. The van der Waals surface area contributed by atoms with Gasteiger partial charge in [0, 0.05) is 10.4 Å². The Hall–Kier alpha value is -3.65. The van der Waals surface area contributed by atoms with E-state index in [9.17, 15) is 9.59 Å². The van der Waals surface area contributed by atoms with Crippen molar-refractivity contribution in [3.05, 3.63) is 70.1 Å². The molecule has 7 nitrogen and oxygen atoms in total. The van der Waals surface area contributed by atoms with Gasteiger partial charge in [-0.1, -0.05) is 24.3 Å². The molecule has 4 aromatic rings. The molecule has 34 heavy (non-hydrogen) atoms. The number of hydrogen-bond donors (Lipinski definition) is 1. The summed E-state index contributed by atoms with van der Waals surface area (Å²) in [5.74, 6) is 1.03. The van der Waals surface area contributed by atoms with Crippen molar-refractivity contribution >= 4 is 33.1 Å². The SMILES string of the molecule is CCOc1ccc(-c2c(C)sc3ncn(C(C)C(=O)Nc4ccccc4OCC)c(=O)c23)cc1. The normalized spacial score (nSPS) is 11.9. The van der Waals surface area contributed by atoms with Crippen LogP contribution in [0.1, 0.15) is 31.7 Å². The number of nitrogens with one attached hydrogen (secondary N) is 1. The molecule has 0 spiro atoms. The molecule has 0 saturated carbocycles. The molecule has 0 fully saturated rings. The highest BCUT2D eigenvalue weighted by molar-refractivity contribution is 7.19. The Labute approximate surface area is 202 Å². The van der Waals surface area contributed by atoms with E-state index in [0.29, 0.717) is 34.9 Å². The third-order valence-electron chi connectivity index (χ3n) is 5.51. The minimum absolute atomic E-state index is 0.251. The lowest BCUT2D eigenvalue weighted by Crippen LogP contribution is -2.31. The van der Waals surface area contributed by atoms with Gasteiger partial charge in [-0.15, -0.1) is 11.3 Å². The first-order chi connectivity index (χ1) is 16.4. The number of hydrogen-bond acceptors (Lipinski definition) is 6. The summed E-state index contributed by atoms with van der Waals surface area (Å²) in [6, 6.07) is 14.1. The van der Waals surface area contributed by atoms with E-state index in [0.717, 1.165) is 21.8 Å². The zero-order valence-corrected chi connectivity index (χ0v) is 20.4. The van der Waals surface area contributed by atoms with E-state index in [1.807, 2.05) is 57.2 Å². The van der Waals surface area contributed by atoms with Crippen LogP contribution in [-0.4, -0.2) is 28.7 Å². The summed E-state index contributed by atoms with van der Waals surface area (Å²) in [6.07, 6.45) is 1.45. The number of fused-ring (bicyclic) bond motifs is 1. The van der Waals surface area contributed by atoms with Crippen molar-refractivity contribution < 1.29 is 14.3 Å². The van der Waals surface area contributed by atoms with Gasteiger partial charge < -0.3 is 14.8 Å². The number of carbonyl (C=O) groups excluding carboxylic acids is 1. The van der Waals surface area contributed by atoms with E-state index in [1.54, 1.807) is 19.1 Å². The molecule has 4 rings (SSSR count). The fraction of sp³-hybridized carbons (Fsp3) is 0.269. The number of aryl methyl sites for hydroxylation is 1. The molecule has 2 aromatic carbocycles. The van der Waals surface area contributed by atoms with Crippen LogP contribution in [0.3, 0.4) is 0 Å². The lowest BCUT2D eigenvalue weighted by Gasteiger charge is -2.17. The Balaban J connectivity index is 1.70. The third kappa shape index (κ3) is 4.54. The van der Waals surface area contributed by atoms with Crippen LogP contribution < -0.4 is 20.3 Å². The quantitative estimate of drug-likeness (QED) is 0.366. The average molecular weight is 478 g/mol. The molecular weight excluding hydrogens is 450 g/mol. The van der Waals surface area contributed by atoms with Crippen LogP contribution in [0.2, 0.25) is 0 Å². The lowest BCUT2D eigenvalue weighted by molar-refractivity contribution is -0.118. The van der Waals surface area contributed by atoms with Gasteiger partial charge in [0.15, 0.2) is 0 Å². The zero-order valence-electron chi connectivity index (χ0n) is 19.6. The van der Waals surface area contributed by atoms with Gasteiger partial charge in [-0.25, -0.2) is 4.98 Å². The van der Waals surface area contributed by atoms with Gasteiger partial charge >= 0.3 is 0 Å². The van der Waals surface area contributed by atoms with Gasteiger partial charge in [0.1, 0.15) is 22.4 Å². The summed E-state index contributed by atoms with van der Waals surface area (Å²) < 4.78 is 12.5. The fourth-order valence-corrected chi connectivity index (χ4v) is 4.84. The van der Waals surface area contributed by atoms with Gasteiger partial charge in [0.2, 0.25) is 5.91 Å². The average Bonchev–Trinajstić information content (AvgIpc) is 3.18. The van der Waals surface area contributed by atoms with Crippen LogP contribution in [0.5, 0.6) is 11.5 Å². The van der Waals surface area contributed by atoms with Crippen molar-refractivity contribution in [3.8, 4) is 22.6 Å². The maximum absolute atomic E-state index is 13.6. The van der Waals surface area contributed by atoms with E-state index in [-0.39, 0.29) is 11.5 Å². The lowest BCUT2D eigenvalue weighted by atomic mass is 10.0. The summed E-state index contributed by atoms with van der Waals surface area (Å²) in [5, 5.41) is 3.39. The summed E-state index contributed by atoms with van der Waals surface area (Å²) in [5.41, 5.74) is 2.06. The molecule has 0 aliphatic heterocycles. The molecule has 8 heteroatoms. The summed E-state index contributed by atoms with van der Waals surface area (Å²) in [4.78, 5) is 32.8. The van der Waals surface area contributed by atoms with Crippen LogP contribution in [0.25, 0.3) is 21.3 Å². The highest BCUT2D eigenvalue weighted by Gasteiger charge is 2.22. The maximum atomic E-state index is 13.6. The highest BCUT2D eigenvalue weighted by atomic mass is 32.1. The molecule has 2 heterocycles. The number of aromatic nitrogens is 2. The molecule has 0 aliphatic rings. The standard InChI is InChI=1S/C26H27N3O4S/c1-5-32-19-13-11-18(12-14-19)22-17(4)34-25-23(22)26(31)29(15-27-25)16(3)24(30)28-20-9-7-8-10-21(20)33-6-2/h7-16H,5-6H2,1-4H3,(H,28,30). The molecule has 0 bridgehead atoms. The first-order valence-electron chi connectivity index (χ1n) is 11.2. The molecule has 176 valence electrons. The Morgan fingerprint density at radius 3 is 2.50 bits per heavy atom. The van der Waals surface area contributed by atoms with Crippen LogP contribution >= 0.6 is 11.3 Å². The molecule has 0 radical (unpaired) electrons. The fourth-order valence-electron chi connectivity index (χ4n) is 3.84. The van der Waals surface area contributed by atoms with Gasteiger partial charge in [-0.05, 0) is 57.5 Å². The largest absolute Gasteiger partial charge is 0.494 e. The number of amides is 1. The minimum atomic E-state index is -0.771. The van der Waals surface area contributed by atoms with Crippen molar-refractivity contribution in [2.75, 3.05) is 18.5 Å². The molecule has 1 N–H and O–H groups in total. The van der Waals surface area contributed by atoms with E-state index in [2.05, 4.69) is 10.3 Å². The van der Waals surface area contributed by atoms with Gasteiger partial charge in [0.05, 0.1) is 30.6 Å². The second-order valence-electron chi connectivity index (χ2n) is 7.72. The van der Waals surface area contributed by atoms with Gasteiger partial charge in [0.25, 0.3) is 5.56 Å². The Kier molecular flexibility index (Phi) is 6.98. The second-order valence-corrected chi connectivity index (χ2v) is 8.93. The second kappa shape index (κ2) is 10.1.